The van der Waals surface area contributed by atoms with Gasteiger partial charge in [0.05, 0.1) is 6.67 Å². The van der Waals surface area contributed by atoms with Crippen molar-refractivity contribution in [3.63, 3.8) is 0 Å². The van der Waals surface area contributed by atoms with Crippen LogP contribution in [0, 0.1) is 5.92 Å². The molecule has 0 aromatic heterocycles. The first kappa shape index (κ1) is 14.9. The first-order chi connectivity index (χ1) is 7.65. The normalized spacial score (nSPS) is 11.9. The highest BCUT2D eigenvalue weighted by molar-refractivity contribution is 5.78. The Labute approximate surface area is 96.0 Å². The van der Waals surface area contributed by atoms with Gasteiger partial charge in [0.15, 0.2) is 0 Å². The number of alkyl halides is 1. The van der Waals surface area contributed by atoms with Crippen LogP contribution in [-0.2, 0) is 9.59 Å². The highest BCUT2D eigenvalue weighted by Gasteiger charge is 2.16. The first-order valence-electron chi connectivity index (χ1n) is 5.63. The van der Waals surface area contributed by atoms with Crippen molar-refractivity contribution in [1.29, 1.82) is 0 Å². The van der Waals surface area contributed by atoms with E-state index in [-0.39, 0.29) is 17.7 Å². The number of halogens is 1. The molecule has 0 bridgehead atoms. The number of hydrogen-bond acceptors (Lipinski definition) is 2. The van der Waals surface area contributed by atoms with E-state index in [1.165, 1.54) is 0 Å². The molecule has 0 rings (SSSR count). The molecule has 0 aromatic rings. The molecule has 0 aliphatic carbocycles. The topological polar surface area (TPSA) is 58.2 Å². The van der Waals surface area contributed by atoms with E-state index in [4.69, 9.17) is 0 Å². The Bertz CT molecular complexity index is 222. The summed E-state index contributed by atoms with van der Waals surface area (Å²) in [5.74, 6) is -0.267. The lowest BCUT2D eigenvalue weighted by Gasteiger charge is -2.14. The zero-order valence-electron chi connectivity index (χ0n) is 10.0. The lowest BCUT2D eigenvalue weighted by Crippen LogP contribution is -2.28. The van der Waals surface area contributed by atoms with Crippen LogP contribution < -0.4 is 10.6 Å². The third kappa shape index (κ3) is 6.37. The molecule has 5 heteroatoms. The minimum atomic E-state index is -0.400. The fourth-order valence-corrected chi connectivity index (χ4v) is 1.57. The molecule has 0 aliphatic rings. The van der Waals surface area contributed by atoms with Gasteiger partial charge in [-0.3, -0.25) is 14.0 Å². The van der Waals surface area contributed by atoms with Crippen LogP contribution >= 0.6 is 0 Å². The molecule has 0 radical (unpaired) electrons. The Balaban J connectivity index is 3.91. The molecule has 2 amide bonds. The molecule has 0 spiro atoms. The smallest absolute Gasteiger partial charge is 0.222 e. The van der Waals surface area contributed by atoms with Crippen molar-refractivity contribution in [2.24, 2.45) is 5.92 Å². The zero-order valence-corrected chi connectivity index (χ0v) is 10.0. The van der Waals surface area contributed by atoms with Gasteiger partial charge in [-0.2, -0.15) is 0 Å². The Morgan fingerprint density at radius 1 is 1.12 bits per heavy atom. The lowest BCUT2D eigenvalue weighted by atomic mass is 9.96. The quantitative estimate of drug-likeness (QED) is 0.656. The van der Waals surface area contributed by atoms with Crippen molar-refractivity contribution in [2.45, 2.75) is 32.1 Å². The van der Waals surface area contributed by atoms with E-state index in [1.807, 2.05) is 0 Å². The molecule has 1 atom stereocenters. The van der Waals surface area contributed by atoms with Crippen molar-refractivity contribution in [3.8, 4) is 0 Å². The van der Waals surface area contributed by atoms with E-state index in [0.717, 1.165) is 0 Å². The maximum atomic E-state index is 12.0. The molecule has 0 aromatic carbocycles. The molecular weight excluding hydrogens is 211 g/mol. The predicted molar refractivity (Wildman–Crippen MR) is 60.7 cm³/mol. The molecular formula is C11H21FN2O2. The number of nitrogens with one attached hydrogen (secondary N) is 2. The second kappa shape index (κ2) is 9.12. The average molecular weight is 232 g/mol. The van der Waals surface area contributed by atoms with Crippen molar-refractivity contribution < 1.29 is 14.0 Å². The van der Waals surface area contributed by atoms with Gasteiger partial charge in [0, 0.05) is 26.4 Å². The van der Waals surface area contributed by atoms with Crippen LogP contribution in [0.1, 0.15) is 32.1 Å². The molecule has 16 heavy (non-hydrogen) atoms. The molecule has 0 heterocycles. The summed E-state index contributed by atoms with van der Waals surface area (Å²) < 4.78 is 12.0. The van der Waals surface area contributed by atoms with Gasteiger partial charge >= 0.3 is 0 Å². The molecule has 0 fully saturated rings. The number of carbonyl (C=O) groups is 2. The van der Waals surface area contributed by atoms with E-state index in [0.29, 0.717) is 32.1 Å². The maximum absolute atomic E-state index is 12.0. The highest BCUT2D eigenvalue weighted by Crippen LogP contribution is 2.15. The largest absolute Gasteiger partial charge is 0.359 e. The summed E-state index contributed by atoms with van der Waals surface area (Å²) in [4.78, 5) is 22.4. The summed E-state index contributed by atoms with van der Waals surface area (Å²) in [5, 5.41) is 5.09. The van der Waals surface area contributed by atoms with E-state index in [9.17, 15) is 14.0 Å². The standard InChI is InChI=1S/C11H21FN2O2/c1-13-10(15)7-3-5-9(6-4-8-12)11(16)14-2/h9H,3-8H2,1-2H3,(H,13,15)(H,14,16). The second-order valence-electron chi connectivity index (χ2n) is 3.71. The summed E-state index contributed by atoms with van der Waals surface area (Å²) in [5.41, 5.74) is 0. The third-order valence-corrected chi connectivity index (χ3v) is 2.54. The maximum Gasteiger partial charge on any atom is 0.222 e. The summed E-state index contributed by atoms with van der Waals surface area (Å²) in [7, 11) is 3.16. The van der Waals surface area contributed by atoms with Gasteiger partial charge in [0.1, 0.15) is 0 Å². The van der Waals surface area contributed by atoms with Crippen molar-refractivity contribution in [2.75, 3.05) is 20.8 Å². The molecule has 94 valence electrons. The molecule has 2 N–H and O–H groups in total. The van der Waals surface area contributed by atoms with Crippen LogP contribution in [0.3, 0.4) is 0 Å². The van der Waals surface area contributed by atoms with Gasteiger partial charge in [-0.1, -0.05) is 0 Å². The molecule has 0 aliphatic heterocycles. The van der Waals surface area contributed by atoms with Gasteiger partial charge < -0.3 is 10.6 Å². The van der Waals surface area contributed by atoms with Gasteiger partial charge in [-0.05, 0) is 25.7 Å². The molecule has 1 unspecified atom stereocenters. The van der Waals surface area contributed by atoms with Crippen LogP contribution in [0.25, 0.3) is 0 Å². The number of carbonyl (C=O) groups excluding carboxylic acids is 2. The van der Waals surface area contributed by atoms with Crippen LogP contribution in [0.15, 0.2) is 0 Å². The zero-order chi connectivity index (χ0) is 12.4. The Hall–Kier alpha value is -1.13. The van der Waals surface area contributed by atoms with Crippen LogP contribution in [0.2, 0.25) is 0 Å². The molecule has 4 nitrogen and oxygen atoms in total. The summed E-state index contributed by atoms with van der Waals surface area (Å²) >= 11 is 0. The lowest BCUT2D eigenvalue weighted by molar-refractivity contribution is -0.125. The van der Waals surface area contributed by atoms with Crippen molar-refractivity contribution >= 4 is 11.8 Å². The Kier molecular flexibility index (Phi) is 8.48. The monoisotopic (exact) mass is 232 g/mol. The second-order valence-corrected chi connectivity index (χ2v) is 3.71. The average Bonchev–Trinajstić information content (AvgIpc) is 2.32. The minimum Gasteiger partial charge on any atom is -0.359 e. The van der Waals surface area contributed by atoms with Gasteiger partial charge in [0.25, 0.3) is 0 Å². The predicted octanol–water partition coefficient (Wildman–Crippen LogP) is 1.01. The summed E-state index contributed by atoms with van der Waals surface area (Å²) in [6.07, 6.45) is 2.65. The fourth-order valence-electron chi connectivity index (χ4n) is 1.57. The number of amides is 2. The van der Waals surface area contributed by atoms with E-state index in [1.54, 1.807) is 14.1 Å². The molecule has 0 saturated heterocycles. The Morgan fingerprint density at radius 3 is 2.25 bits per heavy atom. The van der Waals surface area contributed by atoms with Crippen LogP contribution in [0.5, 0.6) is 0 Å². The van der Waals surface area contributed by atoms with Gasteiger partial charge in [-0.15, -0.1) is 0 Å². The van der Waals surface area contributed by atoms with Crippen LogP contribution in [-0.4, -0.2) is 32.6 Å². The summed E-state index contributed by atoms with van der Waals surface area (Å²) in [6.45, 7) is -0.400. The van der Waals surface area contributed by atoms with Crippen molar-refractivity contribution in [1.82, 2.24) is 10.6 Å². The van der Waals surface area contributed by atoms with E-state index >= 15 is 0 Å². The number of rotatable bonds is 8. The van der Waals surface area contributed by atoms with E-state index < -0.39 is 6.67 Å². The van der Waals surface area contributed by atoms with Crippen molar-refractivity contribution in [3.05, 3.63) is 0 Å². The molecule has 0 saturated carbocycles. The number of hydrogen-bond donors (Lipinski definition) is 2. The Morgan fingerprint density at radius 2 is 1.75 bits per heavy atom. The SMILES string of the molecule is CNC(=O)CCCC(CCCF)C(=O)NC. The van der Waals surface area contributed by atoms with Crippen LogP contribution in [0.4, 0.5) is 4.39 Å². The van der Waals surface area contributed by atoms with Gasteiger partial charge in [-0.25, -0.2) is 0 Å². The van der Waals surface area contributed by atoms with E-state index in [2.05, 4.69) is 10.6 Å². The minimum absolute atomic E-state index is 0.0267. The highest BCUT2D eigenvalue weighted by atomic mass is 19.1. The first-order valence-corrected chi connectivity index (χ1v) is 5.63. The summed E-state index contributed by atoms with van der Waals surface area (Å²) in [6, 6.07) is 0. The van der Waals surface area contributed by atoms with Gasteiger partial charge in [0.2, 0.25) is 11.8 Å². The third-order valence-electron chi connectivity index (χ3n) is 2.54. The fraction of sp³-hybridized carbons (Fsp3) is 0.818.